The number of hydrogen-bond donors (Lipinski definition) is 0. The van der Waals surface area contributed by atoms with Gasteiger partial charge in [0.15, 0.2) is 0 Å². The van der Waals surface area contributed by atoms with E-state index in [1.807, 2.05) is 0 Å². The van der Waals surface area contributed by atoms with Gasteiger partial charge in [-0.2, -0.15) is 0 Å². The van der Waals surface area contributed by atoms with Gasteiger partial charge >= 0.3 is 0 Å². The predicted molar refractivity (Wildman–Crippen MR) is 118 cm³/mol. The van der Waals surface area contributed by atoms with Crippen molar-refractivity contribution in [2.75, 3.05) is 0 Å². The van der Waals surface area contributed by atoms with Crippen LogP contribution in [0.5, 0.6) is 0 Å². The van der Waals surface area contributed by atoms with E-state index in [4.69, 9.17) is 0 Å². The Bertz CT molecular complexity index is 579. The summed E-state index contributed by atoms with van der Waals surface area (Å²) >= 11 is 0. The first-order chi connectivity index (χ1) is 13.3. The highest BCUT2D eigenvalue weighted by Crippen LogP contribution is 2.68. The molecule has 4 aliphatic rings. The van der Waals surface area contributed by atoms with Crippen molar-refractivity contribution >= 4 is 5.78 Å². The smallest absolute Gasteiger partial charge is 0.136 e. The molecular formula is C27H46O. The van der Waals surface area contributed by atoms with E-state index in [0.29, 0.717) is 22.5 Å². The summed E-state index contributed by atoms with van der Waals surface area (Å²) in [6.07, 6.45) is 16.0. The van der Waals surface area contributed by atoms with Crippen LogP contribution >= 0.6 is 0 Å². The fraction of sp³-hybridized carbons (Fsp3) is 0.963. The van der Waals surface area contributed by atoms with Crippen LogP contribution in [0.3, 0.4) is 0 Å². The van der Waals surface area contributed by atoms with Crippen LogP contribution in [0.1, 0.15) is 112 Å². The van der Waals surface area contributed by atoms with E-state index in [1.54, 1.807) is 0 Å². The zero-order valence-electron chi connectivity index (χ0n) is 19.4. The van der Waals surface area contributed by atoms with Gasteiger partial charge in [-0.25, -0.2) is 0 Å². The minimum absolute atomic E-state index is 0.334. The van der Waals surface area contributed by atoms with E-state index < -0.39 is 0 Å². The van der Waals surface area contributed by atoms with Gasteiger partial charge in [-0.15, -0.1) is 0 Å². The molecule has 4 fully saturated rings. The summed E-state index contributed by atoms with van der Waals surface area (Å²) in [4.78, 5) is 12.7. The van der Waals surface area contributed by atoms with Gasteiger partial charge in [0.1, 0.15) is 5.78 Å². The number of fused-ring (bicyclic) bond motifs is 5. The molecule has 160 valence electrons. The number of ketones is 1. The van der Waals surface area contributed by atoms with E-state index in [1.165, 1.54) is 64.2 Å². The van der Waals surface area contributed by atoms with Crippen LogP contribution in [0.25, 0.3) is 0 Å². The third-order valence-electron chi connectivity index (χ3n) is 10.6. The van der Waals surface area contributed by atoms with E-state index >= 15 is 0 Å². The van der Waals surface area contributed by atoms with Crippen molar-refractivity contribution < 1.29 is 4.79 Å². The van der Waals surface area contributed by atoms with Crippen LogP contribution < -0.4 is 0 Å². The topological polar surface area (TPSA) is 17.1 Å². The van der Waals surface area contributed by atoms with Crippen LogP contribution in [0.4, 0.5) is 0 Å². The van der Waals surface area contributed by atoms with Gasteiger partial charge in [0, 0.05) is 12.3 Å². The zero-order chi connectivity index (χ0) is 20.1. The number of carbonyl (C=O) groups excluding carboxylic acids is 1. The Kier molecular flexibility index (Phi) is 5.78. The number of Topliss-reactive ketones (excluding diaryl/α,β-unsaturated/α-hetero) is 1. The van der Waals surface area contributed by atoms with Crippen LogP contribution in [0.15, 0.2) is 0 Å². The van der Waals surface area contributed by atoms with Crippen molar-refractivity contribution in [2.24, 2.45) is 52.3 Å². The lowest BCUT2D eigenvalue weighted by molar-refractivity contribution is -0.149. The minimum Gasteiger partial charge on any atom is -0.299 e. The first kappa shape index (κ1) is 20.9. The van der Waals surface area contributed by atoms with Crippen molar-refractivity contribution in [2.45, 2.75) is 112 Å². The molecule has 4 aliphatic carbocycles. The van der Waals surface area contributed by atoms with E-state index in [9.17, 15) is 4.79 Å². The summed E-state index contributed by atoms with van der Waals surface area (Å²) < 4.78 is 0. The SMILES string of the molecule is CC(C)CCC[C@@H](C)[C@@H]1CC[C@@H]2[C@@H]3CC[C@H]4C(=O)CCC[C@]4(C)[C@@H]3CC[C@]21C. The minimum atomic E-state index is 0.334. The summed E-state index contributed by atoms with van der Waals surface area (Å²) in [6, 6.07) is 0. The van der Waals surface area contributed by atoms with Crippen molar-refractivity contribution in [3.63, 3.8) is 0 Å². The standard InChI is InChI=1S/C27H46O/c1-18(2)8-6-9-19(3)21-13-14-22-20-11-12-24-25(28)10-7-16-26(24,4)23(20)15-17-27(21,22)5/h18-24H,6-17H2,1-5H3/t19-,20+,21+,22-,23-,24+,26-,27+/m1/s1. The molecular weight excluding hydrogens is 340 g/mol. The molecule has 0 unspecified atom stereocenters. The summed E-state index contributed by atoms with van der Waals surface area (Å²) in [7, 11) is 0. The molecule has 0 heterocycles. The van der Waals surface area contributed by atoms with E-state index in [-0.39, 0.29) is 0 Å². The molecule has 0 saturated heterocycles. The average Bonchev–Trinajstić information content (AvgIpc) is 2.98. The Balaban J connectivity index is 1.48. The molecule has 28 heavy (non-hydrogen) atoms. The Hall–Kier alpha value is -0.330. The Morgan fingerprint density at radius 3 is 2.39 bits per heavy atom. The van der Waals surface area contributed by atoms with Crippen LogP contribution in [-0.4, -0.2) is 5.78 Å². The molecule has 0 aromatic heterocycles. The van der Waals surface area contributed by atoms with Crippen LogP contribution in [0.2, 0.25) is 0 Å². The number of carbonyl (C=O) groups is 1. The van der Waals surface area contributed by atoms with Gasteiger partial charge < -0.3 is 0 Å². The molecule has 1 nitrogen and oxygen atoms in total. The van der Waals surface area contributed by atoms with Gasteiger partial charge in [-0.1, -0.05) is 53.9 Å². The molecule has 0 bridgehead atoms. The molecule has 0 aromatic carbocycles. The molecule has 0 radical (unpaired) electrons. The molecule has 0 amide bonds. The lowest BCUT2D eigenvalue weighted by atomic mass is 9.44. The highest BCUT2D eigenvalue weighted by Gasteiger charge is 2.61. The molecule has 4 saturated carbocycles. The normalized spacial score (nSPS) is 46.8. The first-order valence-electron chi connectivity index (χ1n) is 12.8. The second-order valence-electron chi connectivity index (χ2n) is 12.4. The van der Waals surface area contributed by atoms with Gasteiger partial charge in [0.25, 0.3) is 0 Å². The molecule has 0 aromatic rings. The van der Waals surface area contributed by atoms with Crippen molar-refractivity contribution in [3.8, 4) is 0 Å². The molecule has 4 rings (SSSR count). The van der Waals surface area contributed by atoms with Crippen LogP contribution in [0, 0.1) is 52.3 Å². The van der Waals surface area contributed by atoms with Crippen molar-refractivity contribution in [3.05, 3.63) is 0 Å². The highest BCUT2D eigenvalue weighted by atomic mass is 16.1. The lowest BCUT2D eigenvalue weighted by Gasteiger charge is -2.60. The second kappa shape index (κ2) is 7.73. The summed E-state index contributed by atoms with van der Waals surface area (Å²) in [5.41, 5.74) is 0.917. The van der Waals surface area contributed by atoms with Crippen LogP contribution in [-0.2, 0) is 4.79 Å². The van der Waals surface area contributed by atoms with Gasteiger partial charge in [-0.05, 0) is 97.7 Å². The lowest BCUT2D eigenvalue weighted by Crippen LogP contribution is -2.54. The zero-order valence-corrected chi connectivity index (χ0v) is 19.4. The van der Waals surface area contributed by atoms with Gasteiger partial charge in [0.05, 0.1) is 0 Å². The maximum Gasteiger partial charge on any atom is 0.136 e. The Labute approximate surface area is 174 Å². The number of rotatable bonds is 5. The average molecular weight is 387 g/mol. The summed E-state index contributed by atoms with van der Waals surface area (Å²) in [5, 5.41) is 0. The fourth-order valence-electron chi connectivity index (χ4n) is 9.19. The molecule has 0 spiro atoms. The number of hydrogen-bond acceptors (Lipinski definition) is 1. The first-order valence-corrected chi connectivity index (χ1v) is 12.8. The Morgan fingerprint density at radius 1 is 0.893 bits per heavy atom. The van der Waals surface area contributed by atoms with E-state index in [2.05, 4.69) is 34.6 Å². The third kappa shape index (κ3) is 3.31. The van der Waals surface area contributed by atoms with Crippen molar-refractivity contribution in [1.82, 2.24) is 0 Å². The largest absolute Gasteiger partial charge is 0.299 e. The van der Waals surface area contributed by atoms with Gasteiger partial charge in [-0.3, -0.25) is 4.79 Å². The monoisotopic (exact) mass is 386 g/mol. The van der Waals surface area contributed by atoms with E-state index in [0.717, 1.165) is 48.3 Å². The third-order valence-corrected chi connectivity index (χ3v) is 10.6. The summed E-state index contributed by atoms with van der Waals surface area (Å²) in [6.45, 7) is 12.5. The fourth-order valence-corrected chi connectivity index (χ4v) is 9.19. The molecule has 0 aliphatic heterocycles. The maximum absolute atomic E-state index is 12.7. The quantitative estimate of drug-likeness (QED) is 0.473. The molecule has 0 N–H and O–H groups in total. The predicted octanol–water partition coefficient (Wildman–Crippen LogP) is 7.68. The summed E-state index contributed by atoms with van der Waals surface area (Å²) in [5.74, 6) is 6.41. The molecule has 8 atom stereocenters. The van der Waals surface area contributed by atoms with Crippen molar-refractivity contribution in [1.29, 1.82) is 0 Å². The Morgan fingerprint density at radius 2 is 1.64 bits per heavy atom. The molecule has 1 heteroatoms. The maximum atomic E-state index is 12.7. The second-order valence-corrected chi connectivity index (χ2v) is 12.4. The van der Waals surface area contributed by atoms with Gasteiger partial charge in [0.2, 0.25) is 0 Å². The highest BCUT2D eigenvalue weighted by molar-refractivity contribution is 5.82.